The lowest BCUT2D eigenvalue weighted by atomic mass is 10.0. The highest BCUT2D eigenvalue weighted by Crippen LogP contribution is 2.12. The Kier molecular flexibility index (Phi) is 20.0. The number of hydrogen-bond acceptors (Lipinski definition) is 13. The van der Waals surface area contributed by atoms with Gasteiger partial charge in [0.2, 0.25) is 29.5 Å². The molecule has 0 unspecified atom stereocenters. The molecule has 1 aromatic carbocycles. The fourth-order valence-corrected chi connectivity index (χ4v) is 6.61. The van der Waals surface area contributed by atoms with E-state index >= 15 is 0 Å². The Bertz CT molecular complexity index is 1320. The number of aromatic hydroxyl groups is 1. The molecule has 304 valence electrons. The van der Waals surface area contributed by atoms with Crippen LogP contribution >= 0.6 is 12.6 Å². The highest BCUT2D eigenvalue weighted by atomic mass is 32.1. The number of thiol groups is 1. The number of carbonyl (C=O) groups excluding carboxylic acids is 5. The standard InChI is InChI=1S/C36H63N11O6S/c1-35-22-38-14-16-40-24-36(44-19-18-43-35,25-41-17-15-39-23-35)47-32(51)8-5-7-31(50)45-28(20-26-9-11-27(48)12-10-26)34(53)42-13-4-2-3-6-30(49)46-29(21-54)33(37)52/h9-12,28-29,38-41,43-44,48,54H,2-8,13-25H2,1H3,(H2,37,52)(H,42,53)(H,45,50)(H,46,49)(H,47,51)/t28-,29-,35?,36?/m0/s1. The van der Waals surface area contributed by atoms with Crippen LogP contribution in [0.15, 0.2) is 24.3 Å². The van der Waals surface area contributed by atoms with Gasteiger partial charge in [0.05, 0.1) is 0 Å². The molecule has 0 saturated carbocycles. The van der Waals surface area contributed by atoms with Gasteiger partial charge in [0.25, 0.3) is 0 Å². The first-order valence-corrected chi connectivity index (χ1v) is 19.7. The van der Waals surface area contributed by atoms with Crippen LogP contribution in [0.5, 0.6) is 5.75 Å². The number of phenolic OH excluding ortho intramolecular Hbond substituents is 1. The molecule has 2 saturated heterocycles. The molecule has 2 fully saturated rings. The zero-order valence-electron chi connectivity index (χ0n) is 31.6. The van der Waals surface area contributed by atoms with Crippen LogP contribution in [0.3, 0.4) is 0 Å². The molecule has 2 bridgehead atoms. The Hall–Kier alpha value is -3.52. The number of phenols is 1. The van der Waals surface area contributed by atoms with Crippen molar-refractivity contribution in [3.63, 3.8) is 0 Å². The van der Waals surface area contributed by atoms with E-state index in [0.717, 1.165) is 44.8 Å². The van der Waals surface area contributed by atoms with Gasteiger partial charge in [-0.3, -0.25) is 29.3 Å². The number of amides is 5. The molecule has 13 N–H and O–H groups in total. The Labute approximate surface area is 324 Å². The molecule has 0 spiro atoms. The molecule has 1 aromatic rings. The summed E-state index contributed by atoms with van der Waals surface area (Å²) in [5.74, 6) is -1.62. The smallest absolute Gasteiger partial charge is 0.242 e. The topological polar surface area (TPSA) is 252 Å². The van der Waals surface area contributed by atoms with Gasteiger partial charge in [-0.05, 0) is 43.9 Å². The Balaban J connectivity index is 1.50. The average molecular weight is 778 g/mol. The average Bonchev–Trinajstić information content (AvgIpc) is 3.13. The van der Waals surface area contributed by atoms with Crippen molar-refractivity contribution in [3.8, 4) is 5.75 Å². The maximum Gasteiger partial charge on any atom is 0.242 e. The largest absolute Gasteiger partial charge is 0.508 e. The lowest BCUT2D eigenvalue weighted by molar-refractivity contribution is -0.129. The molecular weight excluding hydrogens is 715 g/mol. The predicted octanol–water partition coefficient (Wildman–Crippen LogP) is -2.70. The first kappa shape index (κ1) is 44.9. The summed E-state index contributed by atoms with van der Waals surface area (Å²) in [7, 11) is 0. The number of primary amides is 1. The summed E-state index contributed by atoms with van der Waals surface area (Å²) in [6.45, 7) is 9.60. The van der Waals surface area contributed by atoms with E-state index < -0.39 is 23.7 Å². The fraction of sp³-hybridized carbons (Fsp3) is 0.694. The fourth-order valence-electron chi connectivity index (χ4n) is 6.34. The summed E-state index contributed by atoms with van der Waals surface area (Å²) in [6.07, 6.45) is 2.69. The second-order valence-corrected chi connectivity index (χ2v) is 14.8. The summed E-state index contributed by atoms with van der Waals surface area (Å²) in [4.78, 5) is 63.1. The van der Waals surface area contributed by atoms with E-state index in [9.17, 15) is 29.1 Å². The number of unbranched alkanes of at least 4 members (excludes halogenated alkanes) is 2. The molecule has 0 radical (unpaired) electrons. The Morgan fingerprint density at radius 2 is 1.30 bits per heavy atom. The zero-order valence-corrected chi connectivity index (χ0v) is 32.5. The lowest BCUT2D eigenvalue weighted by Crippen LogP contribution is -2.70. The third-order valence-corrected chi connectivity index (χ3v) is 9.80. The van der Waals surface area contributed by atoms with Crippen LogP contribution in [0.4, 0.5) is 0 Å². The summed E-state index contributed by atoms with van der Waals surface area (Å²) < 4.78 is 0. The Morgan fingerprint density at radius 3 is 1.91 bits per heavy atom. The van der Waals surface area contributed by atoms with E-state index in [0.29, 0.717) is 52.0 Å². The molecule has 0 aliphatic carbocycles. The van der Waals surface area contributed by atoms with E-state index in [1.54, 1.807) is 12.1 Å². The van der Waals surface area contributed by atoms with Crippen LogP contribution in [0.1, 0.15) is 57.4 Å². The number of hydrogen-bond donors (Lipinski definition) is 13. The maximum atomic E-state index is 13.3. The van der Waals surface area contributed by atoms with Crippen LogP contribution < -0.4 is 58.9 Å². The summed E-state index contributed by atoms with van der Waals surface area (Å²) in [5.41, 5.74) is 5.13. The van der Waals surface area contributed by atoms with Crippen molar-refractivity contribution < 1.29 is 29.1 Å². The summed E-state index contributed by atoms with van der Waals surface area (Å²) >= 11 is 4.02. The number of fused-ring (bicyclic) bond motifs is 5. The summed E-state index contributed by atoms with van der Waals surface area (Å²) in [6, 6.07) is 4.74. The molecular formula is C36H63N11O6S. The maximum absolute atomic E-state index is 13.3. The minimum absolute atomic E-state index is 0.0510. The van der Waals surface area contributed by atoms with Gasteiger partial charge in [0.1, 0.15) is 23.5 Å². The molecule has 0 aromatic heterocycles. The molecule has 2 heterocycles. The van der Waals surface area contributed by atoms with Crippen molar-refractivity contribution in [2.45, 2.75) is 81.6 Å². The number of nitrogens with one attached hydrogen (secondary N) is 10. The monoisotopic (exact) mass is 777 g/mol. The predicted molar refractivity (Wildman–Crippen MR) is 211 cm³/mol. The number of benzene rings is 1. The van der Waals surface area contributed by atoms with Gasteiger partial charge in [0, 0.05) is 109 Å². The molecule has 2 atom stereocenters. The lowest BCUT2D eigenvalue weighted by Gasteiger charge is -2.39. The van der Waals surface area contributed by atoms with Gasteiger partial charge >= 0.3 is 0 Å². The van der Waals surface area contributed by atoms with Gasteiger partial charge in [-0.1, -0.05) is 18.6 Å². The number of nitrogens with two attached hydrogens (primary N) is 1. The zero-order chi connectivity index (χ0) is 39.2. The first-order chi connectivity index (χ1) is 25.9. The van der Waals surface area contributed by atoms with Gasteiger partial charge in [0.15, 0.2) is 0 Å². The van der Waals surface area contributed by atoms with Crippen molar-refractivity contribution in [3.05, 3.63) is 29.8 Å². The van der Waals surface area contributed by atoms with Crippen LogP contribution in [-0.4, -0.2) is 136 Å². The molecule has 3 rings (SSSR count). The van der Waals surface area contributed by atoms with E-state index in [1.165, 1.54) is 12.1 Å². The highest BCUT2D eigenvalue weighted by molar-refractivity contribution is 7.80. The number of carbonyl (C=O) groups is 5. The van der Waals surface area contributed by atoms with Gasteiger partial charge in [-0.2, -0.15) is 12.6 Å². The van der Waals surface area contributed by atoms with E-state index in [1.807, 2.05) is 0 Å². The first-order valence-electron chi connectivity index (χ1n) is 19.1. The summed E-state index contributed by atoms with van der Waals surface area (Å²) in [5, 5.41) is 42.4. The van der Waals surface area contributed by atoms with Crippen LogP contribution in [0.2, 0.25) is 0 Å². The molecule has 17 nitrogen and oxygen atoms in total. The Morgan fingerprint density at radius 1 is 0.741 bits per heavy atom. The minimum atomic E-state index is -0.874. The quantitative estimate of drug-likeness (QED) is 0.0538. The number of rotatable bonds is 18. The third kappa shape index (κ3) is 17.3. The molecule has 2 aliphatic rings. The molecule has 18 heteroatoms. The van der Waals surface area contributed by atoms with Crippen molar-refractivity contribution in [1.82, 2.24) is 53.2 Å². The SMILES string of the molecule is CC12CNCCNCC(NC(=O)CCCC(=O)N[C@@H](Cc3ccc(O)cc3)C(=O)NCCCCCC(=O)N[C@@H](CS)C(N)=O)(CNCCNC1)NCCN2. The van der Waals surface area contributed by atoms with Crippen molar-refractivity contribution >= 4 is 42.2 Å². The second-order valence-electron chi connectivity index (χ2n) is 14.4. The molecule has 5 amide bonds. The molecule has 2 aliphatic heterocycles. The second kappa shape index (κ2) is 24.1. The van der Waals surface area contributed by atoms with E-state index in [2.05, 4.69) is 72.7 Å². The minimum Gasteiger partial charge on any atom is -0.508 e. The normalized spacial score (nSPS) is 22.3. The van der Waals surface area contributed by atoms with Crippen molar-refractivity contribution in [1.29, 1.82) is 0 Å². The van der Waals surface area contributed by atoms with Crippen LogP contribution in [0.25, 0.3) is 0 Å². The van der Waals surface area contributed by atoms with Crippen LogP contribution in [-0.2, 0) is 30.4 Å². The van der Waals surface area contributed by atoms with Crippen LogP contribution in [0, 0.1) is 0 Å². The third-order valence-electron chi connectivity index (χ3n) is 9.44. The molecule has 54 heavy (non-hydrogen) atoms. The van der Waals surface area contributed by atoms with Gasteiger partial charge in [-0.15, -0.1) is 0 Å². The van der Waals surface area contributed by atoms with E-state index in [-0.39, 0.29) is 72.8 Å². The van der Waals surface area contributed by atoms with Gasteiger partial charge in [-0.25, -0.2) is 0 Å². The van der Waals surface area contributed by atoms with Crippen molar-refractivity contribution in [2.75, 3.05) is 77.7 Å². The van der Waals surface area contributed by atoms with E-state index in [4.69, 9.17) is 5.73 Å². The van der Waals surface area contributed by atoms with Gasteiger partial charge < -0.3 is 58.7 Å². The van der Waals surface area contributed by atoms with Crippen molar-refractivity contribution in [2.24, 2.45) is 5.73 Å². The highest BCUT2D eigenvalue weighted by Gasteiger charge is 2.32.